The second-order valence-corrected chi connectivity index (χ2v) is 6.89. The maximum atomic E-state index is 6.02. The van der Waals surface area contributed by atoms with E-state index in [1.54, 1.807) is 11.3 Å². The number of hydrogen-bond donors (Lipinski definition) is 0. The first-order valence-corrected chi connectivity index (χ1v) is 7.67. The molecule has 1 aromatic heterocycles. The summed E-state index contributed by atoms with van der Waals surface area (Å²) < 4.78 is 0.909. The summed E-state index contributed by atoms with van der Waals surface area (Å²) in [4.78, 5) is 6.68. The van der Waals surface area contributed by atoms with Crippen LogP contribution in [0.5, 0.6) is 0 Å². The van der Waals surface area contributed by atoms with Gasteiger partial charge < -0.3 is 0 Å². The first-order valence-electron chi connectivity index (χ1n) is 6.47. The lowest BCUT2D eigenvalue weighted by Gasteiger charge is -2.40. The van der Waals surface area contributed by atoms with Crippen LogP contribution in [0.2, 0.25) is 4.34 Å². The van der Waals surface area contributed by atoms with Gasteiger partial charge in [0, 0.05) is 36.6 Å². The molecule has 2 aliphatic rings. The van der Waals surface area contributed by atoms with Gasteiger partial charge in [0.05, 0.1) is 4.34 Å². The van der Waals surface area contributed by atoms with Crippen molar-refractivity contribution >= 4 is 22.9 Å². The van der Waals surface area contributed by atoms with Gasteiger partial charge in [-0.15, -0.1) is 11.3 Å². The zero-order chi connectivity index (χ0) is 11.8. The summed E-state index contributed by atoms with van der Waals surface area (Å²) in [5.74, 6) is 0. The molecule has 0 N–H and O–H groups in total. The summed E-state index contributed by atoms with van der Waals surface area (Å²) in [6, 6.07) is 5.53. The van der Waals surface area contributed by atoms with E-state index in [0.717, 1.165) is 10.4 Å². The van der Waals surface area contributed by atoms with E-state index >= 15 is 0 Å². The molecule has 17 heavy (non-hydrogen) atoms. The third-order valence-corrected chi connectivity index (χ3v) is 5.57. The number of rotatable bonds is 2. The summed E-state index contributed by atoms with van der Waals surface area (Å²) in [6.07, 6.45) is 2.77. The Kier molecular flexibility index (Phi) is 3.44. The summed E-state index contributed by atoms with van der Waals surface area (Å²) in [6.45, 7) is 7.31. The van der Waals surface area contributed by atoms with Crippen molar-refractivity contribution in [1.29, 1.82) is 0 Å². The largest absolute Gasteiger partial charge is 0.298 e. The first-order chi connectivity index (χ1) is 8.24. The highest BCUT2D eigenvalue weighted by Crippen LogP contribution is 2.32. The van der Waals surface area contributed by atoms with Gasteiger partial charge in [0.2, 0.25) is 0 Å². The van der Waals surface area contributed by atoms with Gasteiger partial charge in [-0.25, -0.2) is 0 Å². The van der Waals surface area contributed by atoms with Gasteiger partial charge in [-0.05, 0) is 38.4 Å². The Balaban J connectivity index is 1.68. The van der Waals surface area contributed by atoms with Crippen LogP contribution in [-0.4, -0.2) is 42.0 Å². The van der Waals surface area contributed by atoms with E-state index in [1.807, 2.05) is 6.07 Å². The van der Waals surface area contributed by atoms with Crippen LogP contribution in [0, 0.1) is 0 Å². The molecular weight excluding hydrogens is 252 g/mol. The Hall–Kier alpha value is -0.0900. The lowest BCUT2D eigenvalue weighted by Crippen LogP contribution is -2.50. The predicted octanol–water partition coefficient (Wildman–Crippen LogP) is 3.24. The standard InChI is InChI=1S/C13H19ClN2S/c1-10(12-4-5-13(14)17-12)16-8-7-15-6-2-3-11(15)9-16/h4-5,10-11H,2-3,6-9H2,1H3. The average molecular weight is 271 g/mol. The molecule has 0 aromatic carbocycles. The minimum atomic E-state index is 0.523. The highest BCUT2D eigenvalue weighted by molar-refractivity contribution is 7.16. The van der Waals surface area contributed by atoms with Gasteiger partial charge in [0.1, 0.15) is 0 Å². The summed E-state index contributed by atoms with van der Waals surface area (Å²) in [5.41, 5.74) is 0. The Labute approximate surface area is 112 Å². The Bertz CT molecular complexity index is 393. The second-order valence-electron chi connectivity index (χ2n) is 5.14. The highest BCUT2D eigenvalue weighted by Gasteiger charge is 2.32. The van der Waals surface area contributed by atoms with Gasteiger partial charge >= 0.3 is 0 Å². The molecule has 2 atom stereocenters. The Morgan fingerprint density at radius 3 is 3.00 bits per heavy atom. The molecule has 3 heterocycles. The molecule has 0 radical (unpaired) electrons. The van der Waals surface area contributed by atoms with Crippen molar-refractivity contribution in [3.8, 4) is 0 Å². The van der Waals surface area contributed by atoms with Gasteiger partial charge in [0.15, 0.2) is 0 Å². The van der Waals surface area contributed by atoms with Crippen molar-refractivity contribution in [1.82, 2.24) is 9.80 Å². The monoisotopic (exact) mass is 270 g/mol. The lowest BCUT2D eigenvalue weighted by atomic mass is 10.1. The van der Waals surface area contributed by atoms with Crippen LogP contribution in [0.25, 0.3) is 0 Å². The molecular formula is C13H19ClN2S. The van der Waals surface area contributed by atoms with Crippen LogP contribution in [0.4, 0.5) is 0 Å². The SMILES string of the molecule is CC(c1ccc(Cl)s1)N1CCN2CCCC2C1. The van der Waals surface area contributed by atoms with Crippen LogP contribution < -0.4 is 0 Å². The number of nitrogens with zero attached hydrogens (tertiary/aromatic N) is 2. The molecule has 94 valence electrons. The van der Waals surface area contributed by atoms with E-state index in [9.17, 15) is 0 Å². The molecule has 0 bridgehead atoms. The number of halogens is 1. The van der Waals surface area contributed by atoms with Crippen molar-refractivity contribution in [2.75, 3.05) is 26.2 Å². The van der Waals surface area contributed by atoms with E-state index in [4.69, 9.17) is 11.6 Å². The molecule has 1 aromatic rings. The molecule has 0 spiro atoms. The van der Waals surface area contributed by atoms with Gasteiger partial charge in [0.25, 0.3) is 0 Å². The predicted molar refractivity (Wildman–Crippen MR) is 73.9 cm³/mol. The molecule has 0 saturated carbocycles. The van der Waals surface area contributed by atoms with E-state index < -0.39 is 0 Å². The summed E-state index contributed by atoms with van der Waals surface area (Å²) in [7, 11) is 0. The second kappa shape index (κ2) is 4.88. The average Bonchev–Trinajstić information content (AvgIpc) is 2.95. The number of fused-ring (bicyclic) bond motifs is 1. The molecule has 2 fully saturated rings. The minimum absolute atomic E-state index is 0.523. The first kappa shape index (κ1) is 12.0. The molecule has 2 saturated heterocycles. The molecule has 2 nitrogen and oxygen atoms in total. The minimum Gasteiger partial charge on any atom is -0.298 e. The zero-order valence-electron chi connectivity index (χ0n) is 10.2. The fourth-order valence-corrected chi connectivity index (χ4v) is 4.25. The van der Waals surface area contributed by atoms with E-state index in [2.05, 4.69) is 22.8 Å². The van der Waals surface area contributed by atoms with Crippen LogP contribution in [0.3, 0.4) is 0 Å². The quantitative estimate of drug-likeness (QED) is 0.814. The van der Waals surface area contributed by atoms with Crippen LogP contribution in [0.1, 0.15) is 30.7 Å². The van der Waals surface area contributed by atoms with E-state index in [0.29, 0.717) is 6.04 Å². The van der Waals surface area contributed by atoms with Gasteiger partial charge in [-0.1, -0.05) is 11.6 Å². The summed E-state index contributed by atoms with van der Waals surface area (Å²) in [5, 5.41) is 0. The van der Waals surface area contributed by atoms with Gasteiger partial charge in [-0.2, -0.15) is 0 Å². The van der Waals surface area contributed by atoms with Crippen molar-refractivity contribution in [2.45, 2.75) is 31.8 Å². The third kappa shape index (κ3) is 2.39. The number of thiophene rings is 1. The fraction of sp³-hybridized carbons (Fsp3) is 0.692. The van der Waals surface area contributed by atoms with Crippen molar-refractivity contribution in [2.24, 2.45) is 0 Å². The Morgan fingerprint density at radius 2 is 2.24 bits per heavy atom. The maximum absolute atomic E-state index is 6.02. The topological polar surface area (TPSA) is 6.48 Å². The van der Waals surface area contributed by atoms with Crippen molar-refractivity contribution in [3.63, 3.8) is 0 Å². The molecule has 2 aliphatic heterocycles. The lowest BCUT2D eigenvalue weighted by molar-refractivity contribution is 0.0781. The van der Waals surface area contributed by atoms with Crippen LogP contribution in [0.15, 0.2) is 12.1 Å². The fourth-order valence-electron chi connectivity index (χ4n) is 3.10. The van der Waals surface area contributed by atoms with Crippen molar-refractivity contribution in [3.05, 3.63) is 21.3 Å². The molecule has 0 aliphatic carbocycles. The zero-order valence-corrected chi connectivity index (χ0v) is 11.8. The smallest absolute Gasteiger partial charge is 0.0931 e. The van der Waals surface area contributed by atoms with Gasteiger partial charge in [-0.3, -0.25) is 9.80 Å². The van der Waals surface area contributed by atoms with E-state index in [-0.39, 0.29) is 0 Å². The molecule has 0 amide bonds. The number of piperazine rings is 1. The number of hydrogen-bond acceptors (Lipinski definition) is 3. The van der Waals surface area contributed by atoms with Crippen LogP contribution in [-0.2, 0) is 0 Å². The molecule has 2 unspecified atom stereocenters. The van der Waals surface area contributed by atoms with Crippen molar-refractivity contribution < 1.29 is 0 Å². The normalized spacial score (nSPS) is 28.2. The maximum Gasteiger partial charge on any atom is 0.0931 e. The summed E-state index contributed by atoms with van der Waals surface area (Å²) >= 11 is 7.75. The van der Waals surface area contributed by atoms with Crippen LogP contribution >= 0.6 is 22.9 Å². The van der Waals surface area contributed by atoms with E-state index in [1.165, 1.54) is 43.9 Å². The third-order valence-electron chi connectivity index (χ3n) is 4.17. The molecule has 3 rings (SSSR count). The molecule has 4 heteroatoms. The Morgan fingerprint density at radius 1 is 1.35 bits per heavy atom. The highest BCUT2D eigenvalue weighted by atomic mass is 35.5.